The van der Waals surface area contributed by atoms with Gasteiger partial charge in [0.05, 0.1) is 6.04 Å². The number of hydrogen-bond acceptors (Lipinski definition) is 8. The molecule has 0 fully saturated rings. The Morgan fingerprint density at radius 3 is 2.00 bits per heavy atom. The molecule has 13 N–H and O–H groups in total. The van der Waals surface area contributed by atoms with E-state index in [0.717, 1.165) is 0 Å². The summed E-state index contributed by atoms with van der Waals surface area (Å²) in [6, 6.07) is 1.31. The lowest BCUT2D eigenvalue weighted by atomic mass is 9.98. The van der Waals surface area contributed by atoms with Crippen LogP contribution in [0, 0.1) is 5.92 Å². The number of carbonyl (C=O) groups is 5. The fourth-order valence-corrected chi connectivity index (χ4v) is 3.79. The highest BCUT2D eigenvalue weighted by atomic mass is 16.4. The molecule has 0 heterocycles. The van der Waals surface area contributed by atoms with E-state index in [0.29, 0.717) is 12.0 Å². The number of phenols is 1. The zero-order valence-corrected chi connectivity index (χ0v) is 23.3. The van der Waals surface area contributed by atoms with Crippen LogP contribution in [0.5, 0.6) is 5.75 Å². The van der Waals surface area contributed by atoms with Crippen molar-refractivity contribution in [3.05, 3.63) is 29.8 Å². The first-order valence-corrected chi connectivity index (χ1v) is 13.3. The van der Waals surface area contributed by atoms with E-state index in [9.17, 15) is 34.2 Å². The van der Waals surface area contributed by atoms with Gasteiger partial charge in [-0.05, 0) is 49.3 Å². The zero-order chi connectivity index (χ0) is 31.1. The van der Waals surface area contributed by atoms with E-state index < -0.39 is 59.7 Å². The van der Waals surface area contributed by atoms with Gasteiger partial charge in [0.25, 0.3) is 0 Å². The van der Waals surface area contributed by atoms with Crippen molar-refractivity contribution in [2.75, 3.05) is 6.54 Å². The summed E-state index contributed by atoms with van der Waals surface area (Å²) in [5.74, 6) is -4.69. The third-order valence-electron chi connectivity index (χ3n) is 6.40. The SMILES string of the molecule is CCC(C)C(NC(=O)C(CCCN=C(N)N)NC(=O)C(CCC(N)=O)NC(=O)C(N)Cc1ccc(O)cc1)C(=O)O. The highest BCUT2D eigenvalue weighted by Gasteiger charge is 2.32. The molecule has 0 radical (unpaired) electrons. The molecule has 0 bridgehead atoms. The molecule has 41 heavy (non-hydrogen) atoms. The van der Waals surface area contributed by atoms with Crippen LogP contribution >= 0.6 is 0 Å². The average Bonchev–Trinajstić information content (AvgIpc) is 2.91. The minimum absolute atomic E-state index is 0.0397. The number of carbonyl (C=O) groups excluding carboxylic acids is 4. The molecule has 0 aliphatic heterocycles. The molecule has 1 aromatic rings. The number of rotatable bonds is 18. The maximum Gasteiger partial charge on any atom is 0.326 e. The van der Waals surface area contributed by atoms with E-state index in [1.165, 1.54) is 12.1 Å². The van der Waals surface area contributed by atoms with Crippen LogP contribution in [0.25, 0.3) is 0 Å². The fourth-order valence-electron chi connectivity index (χ4n) is 3.79. The summed E-state index contributed by atoms with van der Waals surface area (Å²) in [6.45, 7) is 3.59. The molecule has 5 unspecified atom stereocenters. The predicted octanol–water partition coefficient (Wildman–Crippen LogP) is -1.83. The van der Waals surface area contributed by atoms with Gasteiger partial charge in [-0.25, -0.2) is 4.79 Å². The Hall–Kier alpha value is -4.40. The Labute approximate surface area is 238 Å². The van der Waals surface area contributed by atoms with Crippen LogP contribution in [0.4, 0.5) is 0 Å². The number of primary amides is 1. The summed E-state index contributed by atoms with van der Waals surface area (Å²) < 4.78 is 0. The molecule has 0 spiro atoms. The summed E-state index contributed by atoms with van der Waals surface area (Å²) in [4.78, 5) is 66.2. The molecular weight excluding hydrogens is 536 g/mol. The van der Waals surface area contributed by atoms with Gasteiger partial charge in [-0.3, -0.25) is 24.2 Å². The van der Waals surface area contributed by atoms with Crippen LogP contribution in [0.1, 0.15) is 51.5 Å². The number of hydrogen-bond donors (Lipinski definition) is 9. The van der Waals surface area contributed by atoms with Crippen LogP contribution in [0.2, 0.25) is 0 Å². The van der Waals surface area contributed by atoms with Crippen molar-refractivity contribution >= 4 is 35.6 Å². The van der Waals surface area contributed by atoms with Crippen molar-refractivity contribution < 1.29 is 34.2 Å². The molecule has 15 heteroatoms. The number of nitrogens with two attached hydrogens (primary N) is 4. The first-order chi connectivity index (χ1) is 19.2. The van der Waals surface area contributed by atoms with Gasteiger partial charge in [0.2, 0.25) is 23.6 Å². The highest BCUT2D eigenvalue weighted by Crippen LogP contribution is 2.12. The standard InChI is InChI=1S/C26H42N8O7/c1-3-14(2)21(25(40)41)34-24(39)18(5-4-12-31-26(29)30)33-23(38)19(10-11-20(28)36)32-22(37)17(27)13-15-6-8-16(35)9-7-15/h6-9,14,17-19,21,35H,3-5,10-13,27H2,1-2H3,(H2,28,36)(H,32,37)(H,33,38)(H,34,39)(H,40,41)(H4,29,30,31). The van der Waals surface area contributed by atoms with E-state index in [-0.39, 0.29) is 50.4 Å². The number of benzene rings is 1. The third-order valence-corrected chi connectivity index (χ3v) is 6.40. The number of carboxylic acids is 1. The van der Waals surface area contributed by atoms with Gasteiger partial charge < -0.3 is 49.1 Å². The van der Waals surface area contributed by atoms with Crippen molar-refractivity contribution in [3.63, 3.8) is 0 Å². The summed E-state index contributed by atoms with van der Waals surface area (Å²) in [5, 5.41) is 26.5. The second-order valence-electron chi connectivity index (χ2n) is 9.76. The van der Waals surface area contributed by atoms with Crippen LogP contribution in [0.3, 0.4) is 0 Å². The molecule has 0 aromatic heterocycles. The molecule has 1 rings (SSSR count). The van der Waals surface area contributed by atoms with Crippen LogP contribution in [-0.4, -0.2) is 76.5 Å². The lowest BCUT2D eigenvalue weighted by Gasteiger charge is -2.26. The van der Waals surface area contributed by atoms with Gasteiger partial charge in [0, 0.05) is 13.0 Å². The molecule has 228 valence electrons. The maximum atomic E-state index is 13.3. The van der Waals surface area contributed by atoms with E-state index in [2.05, 4.69) is 20.9 Å². The second kappa shape index (κ2) is 17.3. The Balaban J connectivity index is 3.08. The smallest absolute Gasteiger partial charge is 0.326 e. The quantitative estimate of drug-likeness (QED) is 0.0533. The molecule has 0 aliphatic carbocycles. The predicted molar refractivity (Wildman–Crippen MR) is 151 cm³/mol. The number of amides is 4. The van der Waals surface area contributed by atoms with Crippen molar-refractivity contribution in [1.82, 2.24) is 16.0 Å². The van der Waals surface area contributed by atoms with Gasteiger partial charge >= 0.3 is 5.97 Å². The van der Waals surface area contributed by atoms with Crippen LogP contribution < -0.4 is 38.9 Å². The first-order valence-electron chi connectivity index (χ1n) is 13.3. The van der Waals surface area contributed by atoms with Crippen molar-refractivity contribution in [2.45, 2.75) is 76.5 Å². The summed E-state index contributed by atoms with van der Waals surface area (Å²) in [5.41, 5.74) is 22.6. The Bertz CT molecular complexity index is 1080. The zero-order valence-electron chi connectivity index (χ0n) is 23.3. The van der Waals surface area contributed by atoms with Crippen molar-refractivity contribution in [2.24, 2.45) is 33.8 Å². The fraction of sp³-hybridized carbons (Fsp3) is 0.538. The lowest BCUT2D eigenvalue weighted by molar-refractivity contribution is -0.144. The van der Waals surface area contributed by atoms with E-state index in [1.807, 2.05) is 0 Å². The average molecular weight is 579 g/mol. The molecule has 15 nitrogen and oxygen atoms in total. The Morgan fingerprint density at radius 1 is 0.902 bits per heavy atom. The largest absolute Gasteiger partial charge is 0.508 e. The summed E-state index contributed by atoms with van der Waals surface area (Å²) in [6.07, 6.45) is 0.446. The third kappa shape index (κ3) is 13.0. The molecule has 0 aliphatic rings. The number of nitrogens with one attached hydrogen (secondary N) is 3. The number of aliphatic carboxylic acids is 1. The van der Waals surface area contributed by atoms with Gasteiger partial charge in [-0.15, -0.1) is 0 Å². The molecule has 1 aromatic carbocycles. The number of aliphatic imine (C=N–C) groups is 1. The molecular formula is C26H42N8O7. The number of aromatic hydroxyl groups is 1. The number of nitrogens with zero attached hydrogens (tertiary/aromatic N) is 1. The summed E-state index contributed by atoms with van der Waals surface area (Å²) in [7, 11) is 0. The number of carboxylic acid groups (broad SMARTS) is 1. The van der Waals surface area contributed by atoms with E-state index in [4.69, 9.17) is 22.9 Å². The molecule has 0 saturated carbocycles. The Morgan fingerprint density at radius 2 is 1.46 bits per heavy atom. The van der Waals surface area contributed by atoms with Crippen LogP contribution in [-0.2, 0) is 30.4 Å². The number of phenolic OH excluding ortho intramolecular Hbond substituents is 1. The minimum atomic E-state index is -1.28. The molecule has 4 amide bonds. The van der Waals surface area contributed by atoms with Gasteiger partial charge in [-0.1, -0.05) is 32.4 Å². The van der Waals surface area contributed by atoms with Crippen molar-refractivity contribution in [3.8, 4) is 5.75 Å². The lowest BCUT2D eigenvalue weighted by Crippen LogP contribution is -2.58. The highest BCUT2D eigenvalue weighted by molar-refractivity contribution is 5.94. The van der Waals surface area contributed by atoms with E-state index in [1.54, 1.807) is 26.0 Å². The van der Waals surface area contributed by atoms with Gasteiger partial charge in [0.15, 0.2) is 5.96 Å². The minimum Gasteiger partial charge on any atom is -0.508 e. The Kier molecular flexibility index (Phi) is 14.6. The number of guanidine groups is 1. The molecule has 0 saturated heterocycles. The van der Waals surface area contributed by atoms with E-state index >= 15 is 0 Å². The van der Waals surface area contributed by atoms with Crippen LogP contribution in [0.15, 0.2) is 29.3 Å². The van der Waals surface area contributed by atoms with Gasteiger partial charge in [0.1, 0.15) is 23.9 Å². The summed E-state index contributed by atoms with van der Waals surface area (Å²) >= 11 is 0. The maximum absolute atomic E-state index is 13.3. The monoisotopic (exact) mass is 578 g/mol. The van der Waals surface area contributed by atoms with Crippen molar-refractivity contribution in [1.29, 1.82) is 0 Å². The topological polar surface area (TPSA) is 278 Å². The first kappa shape index (κ1) is 34.6. The molecule has 5 atom stereocenters. The second-order valence-corrected chi connectivity index (χ2v) is 9.76. The normalized spacial score (nSPS) is 14.4. The van der Waals surface area contributed by atoms with Gasteiger partial charge in [-0.2, -0.15) is 0 Å².